The van der Waals surface area contributed by atoms with Crippen molar-refractivity contribution >= 4 is 0 Å². The van der Waals surface area contributed by atoms with Crippen LogP contribution >= 0.6 is 0 Å². The summed E-state index contributed by atoms with van der Waals surface area (Å²) in [5.74, 6) is 0. The van der Waals surface area contributed by atoms with Crippen molar-refractivity contribution in [3.05, 3.63) is 0 Å². The highest BCUT2D eigenvalue weighted by Crippen LogP contribution is 1.92. The maximum Gasteiger partial charge on any atom is 0.0753 e. The minimum Gasteiger partial charge on any atom is -1.00 e. The van der Waals surface area contributed by atoms with Crippen LogP contribution in [0.25, 0.3) is 0 Å². The normalized spacial score (nSPS) is 10.5. The van der Waals surface area contributed by atoms with E-state index >= 15 is 0 Å². The van der Waals surface area contributed by atoms with E-state index in [1.54, 1.807) is 0 Å². The maximum absolute atomic E-state index is 2.24. The molecule has 0 saturated heterocycles. The summed E-state index contributed by atoms with van der Waals surface area (Å²) in [5.41, 5.74) is 0. The van der Waals surface area contributed by atoms with Crippen molar-refractivity contribution in [3.63, 3.8) is 0 Å². The first-order valence-electron chi connectivity index (χ1n) is 8.82. The average Bonchev–Trinajstić information content (AvgIpc) is 2.48. The molecular weight excluding hydrogens is 498 g/mol. The smallest absolute Gasteiger partial charge is 0.0753 e. The fraction of sp³-hybridized carbons (Fsp3) is 1.00. The third-order valence-electron chi connectivity index (χ3n) is 5.14. The van der Waals surface area contributed by atoms with Gasteiger partial charge in [-0.2, -0.15) is 0 Å². The molecule has 0 aliphatic carbocycles. The largest absolute Gasteiger partial charge is 1.00 e. The minimum atomic E-state index is 0. The first-order chi connectivity index (χ1) is 9.36. The van der Waals surface area contributed by atoms with Gasteiger partial charge in [-0.05, 0) is 41.5 Å². The van der Waals surface area contributed by atoms with Crippen LogP contribution in [0.15, 0.2) is 0 Å². The quantitative estimate of drug-likeness (QED) is 0.292. The highest BCUT2D eigenvalue weighted by atomic mass is 79.9. The van der Waals surface area contributed by atoms with E-state index in [1.807, 2.05) is 0 Å². The van der Waals surface area contributed by atoms with E-state index in [9.17, 15) is 0 Å². The van der Waals surface area contributed by atoms with Gasteiger partial charge in [-0.15, -0.1) is 0 Å². The Bertz CT molecular complexity index is 178. The number of rotatable bonds is 6. The molecule has 0 aliphatic rings. The number of quaternary nitrogens is 3. The van der Waals surface area contributed by atoms with Gasteiger partial charge in [0, 0.05) is 0 Å². The van der Waals surface area contributed by atoms with Crippen LogP contribution in [0.5, 0.6) is 0 Å². The summed E-state index contributed by atoms with van der Waals surface area (Å²) in [6, 6.07) is 0. The summed E-state index contributed by atoms with van der Waals surface area (Å²) in [6.07, 6.45) is 0. The fourth-order valence-corrected chi connectivity index (χ4v) is 0.671. The summed E-state index contributed by atoms with van der Waals surface area (Å²) in [7, 11) is 13.4. The Morgan fingerprint density at radius 2 is 0.417 bits per heavy atom. The van der Waals surface area contributed by atoms with E-state index in [4.69, 9.17) is 0 Å². The molecule has 3 nitrogen and oxygen atoms in total. The number of halogens is 3. The third kappa shape index (κ3) is 31.1. The van der Waals surface area contributed by atoms with Crippen LogP contribution in [-0.2, 0) is 0 Å². The standard InChI is InChI=1S/3C6H16N.3BrH/c3*1-5-7(3,4)6-2;;;/h3*5-6H2,1-4H3;3*1H/q3*+1;;;/p-3. The fourth-order valence-electron chi connectivity index (χ4n) is 0.671. The van der Waals surface area contributed by atoms with Gasteiger partial charge in [0.25, 0.3) is 0 Å². The van der Waals surface area contributed by atoms with Crippen molar-refractivity contribution in [1.29, 1.82) is 0 Å². The lowest BCUT2D eigenvalue weighted by molar-refractivity contribution is -0.886. The first kappa shape index (κ1) is 40.1. The zero-order valence-corrected chi connectivity index (χ0v) is 23.5. The van der Waals surface area contributed by atoms with Crippen LogP contribution in [-0.4, -0.2) is 95.0 Å². The zero-order chi connectivity index (χ0) is 17.7. The average molecular weight is 546 g/mol. The monoisotopic (exact) mass is 543 g/mol. The second-order valence-electron chi connectivity index (χ2n) is 7.70. The van der Waals surface area contributed by atoms with Crippen LogP contribution in [0.1, 0.15) is 41.5 Å². The topological polar surface area (TPSA) is 0 Å². The molecule has 0 aliphatic heterocycles. The Kier molecular flexibility index (Phi) is 34.5. The second-order valence-corrected chi connectivity index (χ2v) is 7.70. The van der Waals surface area contributed by atoms with E-state index in [-0.39, 0.29) is 50.9 Å². The molecule has 156 valence electrons. The highest BCUT2D eigenvalue weighted by molar-refractivity contribution is 4.18. The predicted octanol–water partition coefficient (Wildman–Crippen LogP) is -5.68. The van der Waals surface area contributed by atoms with Gasteiger partial charge >= 0.3 is 0 Å². The Morgan fingerprint density at radius 3 is 0.417 bits per heavy atom. The van der Waals surface area contributed by atoms with Gasteiger partial charge in [-0.3, -0.25) is 0 Å². The van der Waals surface area contributed by atoms with Crippen molar-refractivity contribution in [2.24, 2.45) is 0 Å². The maximum atomic E-state index is 2.24. The molecule has 0 bridgehead atoms. The van der Waals surface area contributed by atoms with Crippen LogP contribution in [0.2, 0.25) is 0 Å². The van der Waals surface area contributed by atoms with Crippen LogP contribution in [0, 0.1) is 0 Å². The van der Waals surface area contributed by atoms with E-state index in [1.165, 1.54) is 39.3 Å². The van der Waals surface area contributed by atoms with Crippen molar-refractivity contribution < 1.29 is 64.4 Å². The van der Waals surface area contributed by atoms with E-state index < -0.39 is 0 Å². The van der Waals surface area contributed by atoms with Crippen molar-refractivity contribution in [2.75, 3.05) is 81.6 Å². The summed E-state index contributed by atoms with van der Waals surface area (Å²) in [6.45, 7) is 20.7. The van der Waals surface area contributed by atoms with Crippen molar-refractivity contribution in [1.82, 2.24) is 0 Å². The molecule has 24 heavy (non-hydrogen) atoms. The third-order valence-corrected chi connectivity index (χ3v) is 5.14. The van der Waals surface area contributed by atoms with Gasteiger partial charge < -0.3 is 64.4 Å². The molecule has 0 radical (unpaired) electrons. The van der Waals surface area contributed by atoms with Gasteiger partial charge in [0.05, 0.1) is 81.6 Å². The number of hydrogen-bond donors (Lipinski definition) is 0. The molecule has 0 aromatic heterocycles. The summed E-state index contributed by atoms with van der Waals surface area (Å²) >= 11 is 0. The SMILES string of the molecule is CC[N+](C)(C)CC.CC[N+](C)(C)CC.CC[N+](C)(C)CC.[Br-].[Br-].[Br-]. The molecule has 0 N–H and O–H groups in total. The molecule has 0 atom stereocenters. The highest BCUT2D eigenvalue weighted by Gasteiger charge is 2.05. The predicted molar refractivity (Wildman–Crippen MR) is 99.6 cm³/mol. The number of nitrogens with zero attached hydrogens (tertiary/aromatic N) is 3. The Morgan fingerprint density at radius 1 is 0.333 bits per heavy atom. The Labute approximate surface area is 186 Å². The molecule has 0 amide bonds. The van der Waals surface area contributed by atoms with E-state index in [0.29, 0.717) is 0 Å². The van der Waals surface area contributed by atoms with Gasteiger partial charge in [-0.25, -0.2) is 0 Å². The van der Waals surface area contributed by atoms with Crippen molar-refractivity contribution in [3.8, 4) is 0 Å². The summed E-state index contributed by atoms with van der Waals surface area (Å²) in [4.78, 5) is 0. The minimum absolute atomic E-state index is 0. The molecule has 0 fully saturated rings. The molecule has 0 unspecified atom stereocenters. The Hall–Kier alpha value is 1.32. The molecule has 0 aromatic rings. The van der Waals surface area contributed by atoms with Crippen LogP contribution in [0.4, 0.5) is 0 Å². The van der Waals surface area contributed by atoms with Gasteiger partial charge in [0.2, 0.25) is 0 Å². The zero-order valence-electron chi connectivity index (χ0n) is 18.7. The first-order valence-corrected chi connectivity index (χ1v) is 8.82. The molecular formula is C18H48Br3N3. The Balaban J connectivity index is -0.0000000476. The van der Waals surface area contributed by atoms with Crippen molar-refractivity contribution in [2.45, 2.75) is 41.5 Å². The van der Waals surface area contributed by atoms with E-state index in [2.05, 4.69) is 83.8 Å². The molecule has 0 saturated carbocycles. The lowest BCUT2D eigenvalue weighted by Crippen LogP contribution is -3.00. The molecule has 0 aromatic carbocycles. The van der Waals surface area contributed by atoms with Crippen LogP contribution < -0.4 is 50.9 Å². The summed E-state index contributed by atoms with van der Waals surface area (Å²) < 4.78 is 3.42. The summed E-state index contributed by atoms with van der Waals surface area (Å²) in [5, 5.41) is 0. The molecule has 6 heteroatoms. The molecule has 0 heterocycles. The molecule has 0 rings (SSSR count). The second kappa shape index (κ2) is 20.6. The lowest BCUT2D eigenvalue weighted by atomic mass is 10.5. The van der Waals surface area contributed by atoms with Gasteiger partial charge in [0.15, 0.2) is 0 Å². The van der Waals surface area contributed by atoms with Crippen LogP contribution in [0.3, 0.4) is 0 Å². The molecule has 0 spiro atoms. The number of hydrogen-bond acceptors (Lipinski definition) is 0. The van der Waals surface area contributed by atoms with E-state index in [0.717, 1.165) is 13.4 Å². The van der Waals surface area contributed by atoms with Gasteiger partial charge in [-0.1, -0.05) is 0 Å². The lowest BCUT2D eigenvalue weighted by Gasteiger charge is -2.25. The van der Waals surface area contributed by atoms with Gasteiger partial charge in [0.1, 0.15) is 0 Å².